The van der Waals surface area contributed by atoms with Gasteiger partial charge in [0.25, 0.3) is 0 Å². The Bertz CT molecular complexity index is 1010. The molecule has 2 atom stereocenters. The smallest absolute Gasteiger partial charge is 0.407 e. The van der Waals surface area contributed by atoms with Crippen LogP contribution in [0.1, 0.15) is 49.1 Å². The standard InChI is InChI=1S/C27H32N2O6/c30-25(31)12-14-34-15-13-28-26(32)18-6-5-7-19(16-18)29-27(33)35-17-24-22-10-3-1-8-20(22)21-9-2-4-11-23(21)24/h1-4,8-11,18-19,24H,5-7,12-17H2,(H,28,32)(H,29,33)(H,30,31)/t18-,19+/m1/s1. The second-order valence-corrected chi connectivity index (χ2v) is 9.08. The lowest BCUT2D eigenvalue weighted by Crippen LogP contribution is -2.43. The van der Waals surface area contributed by atoms with Gasteiger partial charge < -0.3 is 25.2 Å². The van der Waals surface area contributed by atoms with Crippen molar-refractivity contribution in [3.63, 3.8) is 0 Å². The number of amides is 2. The summed E-state index contributed by atoms with van der Waals surface area (Å²) in [4.78, 5) is 35.6. The van der Waals surface area contributed by atoms with Crippen molar-refractivity contribution in [1.82, 2.24) is 10.6 Å². The van der Waals surface area contributed by atoms with Crippen molar-refractivity contribution in [2.75, 3.05) is 26.4 Å². The molecule has 186 valence electrons. The lowest BCUT2D eigenvalue weighted by atomic mass is 9.85. The topological polar surface area (TPSA) is 114 Å². The van der Waals surface area contributed by atoms with Crippen molar-refractivity contribution < 1.29 is 29.0 Å². The number of carbonyl (C=O) groups excluding carboxylic acids is 2. The molecular weight excluding hydrogens is 448 g/mol. The van der Waals surface area contributed by atoms with Gasteiger partial charge in [0.2, 0.25) is 5.91 Å². The molecule has 1 fully saturated rings. The Balaban J connectivity index is 1.22. The monoisotopic (exact) mass is 480 g/mol. The van der Waals surface area contributed by atoms with Gasteiger partial charge in [-0.3, -0.25) is 9.59 Å². The van der Waals surface area contributed by atoms with E-state index in [9.17, 15) is 14.4 Å². The minimum Gasteiger partial charge on any atom is -0.481 e. The molecule has 0 radical (unpaired) electrons. The Morgan fingerprint density at radius 2 is 1.63 bits per heavy atom. The fraction of sp³-hybridized carbons (Fsp3) is 0.444. The Morgan fingerprint density at radius 3 is 2.31 bits per heavy atom. The average Bonchev–Trinajstić information content (AvgIpc) is 3.18. The van der Waals surface area contributed by atoms with Gasteiger partial charge in [0.05, 0.1) is 19.6 Å². The van der Waals surface area contributed by atoms with Crippen molar-refractivity contribution in [2.45, 2.75) is 44.1 Å². The first-order valence-corrected chi connectivity index (χ1v) is 12.2. The maximum Gasteiger partial charge on any atom is 0.407 e. The van der Waals surface area contributed by atoms with Crippen LogP contribution in [0.3, 0.4) is 0 Å². The number of ether oxygens (including phenoxy) is 2. The number of hydrogen-bond acceptors (Lipinski definition) is 5. The minimum atomic E-state index is -0.911. The van der Waals surface area contributed by atoms with Crippen molar-refractivity contribution >= 4 is 18.0 Å². The summed E-state index contributed by atoms with van der Waals surface area (Å²) in [5.41, 5.74) is 4.71. The van der Waals surface area contributed by atoms with Crippen LogP contribution < -0.4 is 10.6 Å². The van der Waals surface area contributed by atoms with Gasteiger partial charge in [0.15, 0.2) is 0 Å². The predicted octanol–water partition coefficient (Wildman–Crippen LogP) is 3.69. The maximum atomic E-state index is 12.6. The highest BCUT2D eigenvalue weighted by Gasteiger charge is 2.31. The van der Waals surface area contributed by atoms with Crippen LogP contribution in [0.5, 0.6) is 0 Å². The van der Waals surface area contributed by atoms with Crippen LogP contribution in [-0.2, 0) is 19.1 Å². The van der Waals surface area contributed by atoms with E-state index in [-0.39, 0.29) is 50.0 Å². The lowest BCUT2D eigenvalue weighted by molar-refractivity contribution is -0.138. The van der Waals surface area contributed by atoms with E-state index in [1.807, 2.05) is 24.3 Å². The second kappa shape index (κ2) is 11.8. The van der Waals surface area contributed by atoms with E-state index >= 15 is 0 Å². The van der Waals surface area contributed by atoms with E-state index in [2.05, 4.69) is 34.9 Å². The van der Waals surface area contributed by atoms with Crippen LogP contribution in [-0.4, -0.2) is 55.5 Å². The molecule has 35 heavy (non-hydrogen) atoms. The van der Waals surface area contributed by atoms with Crippen molar-refractivity contribution in [2.24, 2.45) is 5.92 Å². The summed E-state index contributed by atoms with van der Waals surface area (Å²) in [5, 5.41) is 14.4. The van der Waals surface area contributed by atoms with Gasteiger partial charge in [-0.15, -0.1) is 0 Å². The zero-order valence-corrected chi connectivity index (χ0v) is 19.7. The molecule has 0 aromatic heterocycles. The van der Waals surface area contributed by atoms with E-state index in [0.717, 1.165) is 19.3 Å². The van der Waals surface area contributed by atoms with E-state index in [1.165, 1.54) is 22.3 Å². The highest BCUT2D eigenvalue weighted by atomic mass is 16.5. The third-order valence-corrected chi connectivity index (χ3v) is 6.72. The van der Waals surface area contributed by atoms with E-state index < -0.39 is 12.1 Å². The van der Waals surface area contributed by atoms with Gasteiger partial charge in [-0.25, -0.2) is 4.79 Å². The Hall–Kier alpha value is -3.39. The molecule has 2 aliphatic rings. The fourth-order valence-electron chi connectivity index (χ4n) is 5.02. The molecule has 0 bridgehead atoms. The van der Waals surface area contributed by atoms with Gasteiger partial charge >= 0.3 is 12.1 Å². The molecule has 2 amide bonds. The second-order valence-electron chi connectivity index (χ2n) is 9.08. The molecule has 1 saturated carbocycles. The normalized spacial score (nSPS) is 18.9. The quantitative estimate of drug-likeness (QED) is 0.447. The Labute approximate surface area is 205 Å². The summed E-state index contributed by atoms with van der Waals surface area (Å²) >= 11 is 0. The molecule has 0 saturated heterocycles. The number of carbonyl (C=O) groups is 3. The van der Waals surface area contributed by atoms with Gasteiger partial charge in [0, 0.05) is 24.4 Å². The predicted molar refractivity (Wildman–Crippen MR) is 130 cm³/mol. The highest BCUT2D eigenvalue weighted by molar-refractivity contribution is 5.80. The third-order valence-electron chi connectivity index (χ3n) is 6.72. The Morgan fingerprint density at radius 1 is 0.943 bits per heavy atom. The Kier molecular flexibility index (Phi) is 8.36. The summed E-state index contributed by atoms with van der Waals surface area (Å²) in [6.07, 6.45) is 2.49. The number of benzene rings is 2. The zero-order chi connectivity index (χ0) is 24.6. The molecule has 8 nitrogen and oxygen atoms in total. The van der Waals surface area contributed by atoms with Crippen molar-refractivity contribution in [1.29, 1.82) is 0 Å². The molecule has 2 aliphatic carbocycles. The summed E-state index contributed by atoms with van der Waals surface area (Å²) in [6, 6.07) is 16.3. The van der Waals surface area contributed by atoms with Crippen LogP contribution in [0.2, 0.25) is 0 Å². The van der Waals surface area contributed by atoms with Gasteiger partial charge in [-0.2, -0.15) is 0 Å². The lowest BCUT2D eigenvalue weighted by Gasteiger charge is -2.29. The SMILES string of the molecule is O=C(O)CCOCCNC(=O)[C@@H]1CCC[C@H](NC(=O)OCC2c3ccccc3-c3ccccc32)C1. The zero-order valence-electron chi connectivity index (χ0n) is 19.7. The summed E-state index contributed by atoms with van der Waals surface area (Å²) in [7, 11) is 0. The molecule has 0 unspecified atom stereocenters. The van der Waals surface area contributed by atoms with Crippen molar-refractivity contribution in [3.05, 3.63) is 59.7 Å². The summed E-state index contributed by atoms with van der Waals surface area (Å²) < 4.78 is 10.8. The molecule has 0 aliphatic heterocycles. The van der Waals surface area contributed by atoms with Crippen LogP contribution in [0, 0.1) is 5.92 Å². The van der Waals surface area contributed by atoms with Crippen molar-refractivity contribution in [3.8, 4) is 11.1 Å². The molecule has 4 rings (SSSR count). The van der Waals surface area contributed by atoms with E-state index in [4.69, 9.17) is 14.6 Å². The number of carboxylic acid groups (broad SMARTS) is 1. The first kappa shape index (κ1) is 24.7. The fourth-order valence-corrected chi connectivity index (χ4v) is 5.02. The molecule has 8 heteroatoms. The number of aliphatic carboxylic acids is 1. The molecule has 2 aromatic carbocycles. The van der Waals surface area contributed by atoms with Crippen LogP contribution in [0.25, 0.3) is 11.1 Å². The first-order valence-electron chi connectivity index (χ1n) is 12.2. The molecule has 0 heterocycles. The van der Waals surface area contributed by atoms with Crippen LogP contribution in [0.15, 0.2) is 48.5 Å². The van der Waals surface area contributed by atoms with Gasteiger partial charge in [-0.1, -0.05) is 55.0 Å². The number of alkyl carbamates (subject to hydrolysis) is 1. The number of hydrogen-bond donors (Lipinski definition) is 3. The van der Waals surface area contributed by atoms with Gasteiger partial charge in [-0.05, 0) is 41.5 Å². The maximum absolute atomic E-state index is 12.6. The van der Waals surface area contributed by atoms with E-state index in [1.54, 1.807) is 0 Å². The number of nitrogens with one attached hydrogen (secondary N) is 2. The molecule has 0 spiro atoms. The molecule has 3 N–H and O–H groups in total. The van der Waals surface area contributed by atoms with Gasteiger partial charge in [0.1, 0.15) is 6.61 Å². The van der Waals surface area contributed by atoms with Crippen LogP contribution >= 0.6 is 0 Å². The third kappa shape index (κ3) is 6.39. The highest BCUT2D eigenvalue weighted by Crippen LogP contribution is 2.44. The average molecular weight is 481 g/mol. The number of fused-ring (bicyclic) bond motifs is 3. The largest absolute Gasteiger partial charge is 0.481 e. The minimum absolute atomic E-state index is 0.00995. The molecule has 2 aromatic rings. The number of carboxylic acids is 1. The summed E-state index contributed by atoms with van der Waals surface area (Å²) in [5.74, 6) is -1.14. The molecular formula is C27H32N2O6. The van der Waals surface area contributed by atoms with Crippen LogP contribution in [0.4, 0.5) is 4.79 Å². The summed E-state index contributed by atoms with van der Waals surface area (Å²) in [6.45, 7) is 0.992. The number of rotatable bonds is 10. The first-order chi connectivity index (χ1) is 17.0. The van der Waals surface area contributed by atoms with E-state index in [0.29, 0.717) is 13.0 Å².